The molecular weight excluding hydrogens is 387 g/mol. The molecule has 0 spiro atoms. The Hall–Kier alpha value is -2.19. The number of quaternary nitrogens is 1. The van der Waals surface area contributed by atoms with E-state index in [9.17, 15) is 18.0 Å². The topological polar surface area (TPSA) is 36.8 Å². The number of hydrogen-bond acceptors (Lipinski definition) is 3. The van der Waals surface area contributed by atoms with Gasteiger partial charge in [0.05, 0.1) is 31.7 Å². The fourth-order valence-electron chi connectivity index (χ4n) is 3.27. The van der Waals surface area contributed by atoms with E-state index in [-0.39, 0.29) is 5.91 Å². The number of benzene rings is 2. The summed E-state index contributed by atoms with van der Waals surface area (Å²) in [5, 5.41) is 2.92. The van der Waals surface area contributed by atoms with Crippen LogP contribution in [0.1, 0.15) is 5.56 Å². The van der Waals surface area contributed by atoms with Crippen LogP contribution >= 0.6 is 11.8 Å². The second-order valence-corrected chi connectivity index (χ2v) is 7.62. The lowest BCUT2D eigenvalue weighted by molar-refractivity contribution is -0.892. The number of halogens is 3. The maximum absolute atomic E-state index is 12.9. The minimum Gasteiger partial charge on any atom is -0.360 e. The first-order valence-corrected chi connectivity index (χ1v) is 10.3. The van der Waals surface area contributed by atoms with Crippen LogP contribution in [0.15, 0.2) is 53.4 Å². The highest BCUT2D eigenvalue weighted by Crippen LogP contribution is 2.31. The van der Waals surface area contributed by atoms with Crippen molar-refractivity contribution in [3.8, 4) is 0 Å². The van der Waals surface area contributed by atoms with Crippen LogP contribution in [0.25, 0.3) is 0 Å². The SMILES string of the molecule is CSc1cccc(NC(=O)C[NH+]2CCN(c3cccc(C(F)(F)F)c3)CC2)c1. The molecule has 2 N–H and O–H groups in total. The van der Waals surface area contributed by atoms with Crippen LogP contribution in [-0.2, 0) is 11.0 Å². The molecule has 1 saturated heterocycles. The van der Waals surface area contributed by atoms with Crippen molar-refractivity contribution in [3.63, 3.8) is 0 Å². The molecule has 1 aliphatic heterocycles. The van der Waals surface area contributed by atoms with Gasteiger partial charge in [-0.25, -0.2) is 0 Å². The van der Waals surface area contributed by atoms with E-state index in [1.165, 1.54) is 12.1 Å². The minimum atomic E-state index is -4.34. The first-order valence-electron chi connectivity index (χ1n) is 9.05. The molecule has 1 heterocycles. The van der Waals surface area contributed by atoms with E-state index in [4.69, 9.17) is 0 Å². The van der Waals surface area contributed by atoms with Crippen LogP contribution in [0, 0.1) is 0 Å². The fourth-order valence-corrected chi connectivity index (χ4v) is 3.73. The smallest absolute Gasteiger partial charge is 0.360 e. The van der Waals surface area contributed by atoms with Crippen molar-refractivity contribution in [1.82, 2.24) is 0 Å². The molecule has 0 aliphatic carbocycles. The molecule has 4 nitrogen and oxygen atoms in total. The standard InChI is InChI=1S/C20H22F3N3OS/c1-28-18-7-3-5-16(13-18)24-19(27)14-25-8-10-26(11-9-25)17-6-2-4-15(12-17)20(21,22)23/h2-7,12-13H,8-11,14H2,1H3,(H,24,27)/p+1. The molecule has 28 heavy (non-hydrogen) atoms. The second kappa shape index (κ2) is 8.87. The average Bonchev–Trinajstić information content (AvgIpc) is 2.68. The summed E-state index contributed by atoms with van der Waals surface area (Å²) >= 11 is 1.61. The van der Waals surface area contributed by atoms with Gasteiger partial charge in [0.1, 0.15) is 0 Å². The van der Waals surface area contributed by atoms with Crippen molar-refractivity contribution in [1.29, 1.82) is 0 Å². The summed E-state index contributed by atoms with van der Waals surface area (Å²) < 4.78 is 38.7. The van der Waals surface area contributed by atoms with Crippen molar-refractivity contribution >= 4 is 29.0 Å². The molecule has 2 aromatic rings. The van der Waals surface area contributed by atoms with Gasteiger partial charge in [0.2, 0.25) is 0 Å². The predicted octanol–water partition coefficient (Wildman–Crippen LogP) is 2.77. The van der Waals surface area contributed by atoms with Crippen molar-refractivity contribution in [3.05, 3.63) is 54.1 Å². The number of anilines is 2. The van der Waals surface area contributed by atoms with Gasteiger partial charge < -0.3 is 15.1 Å². The maximum atomic E-state index is 12.9. The first-order chi connectivity index (χ1) is 13.3. The van der Waals surface area contributed by atoms with Crippen molar-refractivity contribution in [2.45, 2.75) is 11.1 Å². The lowest BCUT2D eigenvalue weighted by Crippen LogP contribution is -3.15. The Morgan fingerprint density at radius 2 is 1.86 bits per heavy atom. The normalized spacial score (nSPS) is 15.5. The fraction of sp³-hybridized carbons (Fsp3) is 0.350. The summed E-state index contributed by atoms with van der Waals surface area (Å²) in [5.41, 5.74) is 0.720. The summed E-state index contributed by atoms with van der Waals surface area (Å²) in [7, 11) is 0. The molecule has 2 aromatic carbocycles. The average molecular weight is 410 g/mol. The number of rotatable bonds is 5. The van der Waals surface area contributed by atoms with Gasteiger partial charge in [-0.1, -0.05) is 12.1 Å². The van der Waals surface area contributed by atoms with E-state index in [1.54, 1.807) is 17.8 Å². The van der Waals surface area contributed by atoms with Crippen LogP contribution < -0.4 is 15.1 Å². The van der Waals surface area contributed by atoms with Crippen molar-refractivity contribution in [2.75, 3.05) is 49.2 Å². The summed E-state index contributed by atoms with van der Waals surface area (Å²) in [6.07, 6.45) is -2.36. The number of piperazine rings is 1. The molecule has 1 aliphatic rings. The highest BCUT2D eigenvalue weighted by atomic mass is 32.2. The second-order valence-electron chi connectivity index (χ2n) is 6.74. The van der Waals surface area contributed by atoms with Gasteiger partial charge in [0, 0.05) is 16.3 Å². The molecule has 0 radical (unpaired) electrons. The number of hydrogen-bond donors (Lipinski definition) is 2. The lowest BCUT2D eigenvalue weighted by Gasteiger charge is -2.33. The third kappa shape index (κ3) is 5.42. The largest absolute Gasteiger partial charge is 0.416 e. The van der Waals surface area contributed by atoms with Crippen LogP contribution in [0.3, 0.4) is 0 Å². The molecule has 3 rings (SSSR count). The Kier molecular flexibility index (Phi) is 6.51. The molecule has 8 heteroatoms. The van der Waals surface area contributed by atoms with Crippen LogP contribution in [0.2, 0.25) is 0 Å². The van der Waals surface area contributed by atoms with E-state index in [0.717, 1.165) is 21.5 Å². The Morgan fingerprint density at radius 1 is 1.14 bits per heavy atom. The molecule has 0 bridgehead atoms. The van der Waals surface area contributed by atoms with E-state index in [1.807, 2.05) is 35.4 Å². The first kappa shape index (κ1) is 20.5. The van der Waals surface area contributed by atoms with Gasteiger partial charge >= 0.3 is 6.18 Å². The monoisotopic (exact) mass is 410 g/mol. The number of carbonyl (C=O) groups excluding carboxylic acids is 1. The Balaban J connectivity index is 1.52. The number of alkyl halides is 3. The van der Waals surface area contributed by atoms with E-state index in [2.05, 4.69) is 5.32 Å². The predicted molar refractivity (Wildman–Crippen MR) is 106 cm³/mol. The summed E-state index contributed by atoms with van der Waals surface area (Å²) in [6, 6.07) is 13.1. The van der Waals surface area contributed by atoms with Gasteiger partial charge in [-0.15, -0.1) is 11.8 Å². The van der Waals surface area contributed by atoms with E-state index < -0.39 is 11.7 Å². The van der Waals surface area contributed by atoms with Crippen molar-refractivity contribution in [2.24, 2.45) is 0 Å². The molecule has 0 atom stereocenters. The molecule has 0 unspecified atom stereocenters. The summed E-state index contributed by atoms with van der Waals surface area (Å²) in [4.78, 5) is 16.5. The van der Waals surface area contributed by atoms with Gasteiger partial charge in [-0.05, 0) is 42.7 Å². The Labute approximate surface area is 166 Å². The molecule has 1 fully saturated rings. The zero-order valence-electron chi connectivity index (χ0n) is 15.6. The molecule has 150 valence electrons. The molecule has 1 amide bonds. The van der Waals surface area contributed by atoms with Gasteiger partial charge in [-0.2, -0.15) is 13.2 Å². The Morgan fingerprint density at radius 3 is 2.54 bits per heavy atom. The van der Waals surface area contributed by atoms with Gasteiger partial charge in [-0.3, -0.25) is 4.79 Å². The highest BCUT2D eigenvalue weighted by Gasteiger charge is 2.31. The van der Waals surface area contributed by atoms with Crippen molar-refractivity contribution < 1.29 is 22.9 Å². The van der Waals surface area contributed by atoms with Gasteiger partial charge in [0.25, 0.3) is 5.91 Å². The lowest BCUT2D eigenvalue weighted by atomic mass is 10.1. The number of carbonyl (C=O) groups is 1. The Bertz CT molecular complexity index is 820. The highest BCUT2D eigenvalue weighted by molar-refractivity contribution is 7.98. The summed E-state index contributed by atoms with van der Waals surface area (Å²) in [5.74, 6) is -0.0548. The molecule has 0 aromatic heterocycles. The number of thioether (sulfide) groups is 1. The van der Waals surface area contributed by atoms with Crippen LogP contribution in [0.4, 0.5) is 24.5 Å². The zero-order chi connectivity index (χ0) is 20.1. The third-order valence-electron chi connectivity index (χ3n) is 4.77. The number of amides is 1. The summed E-state index contributed by atoms with van der Waals surface area (Å²) in [6.45, 7) is 2.99. The maximum Gasteiger partial charge on any atom is 0.416 e. The van der Waals surface area contributed by atoms with Crippen LogP contribution in [-0.4, -0.2) is 44.9 Å². The number of nitrogens with zero attached hydrogens (tertiary/aromatic N) is 1. The third-order valence-corrected chi connectivity index (χ3v) is 5.50. The molecule has 0 saturated carbocycles. The molecular formula is C20H23F3N3OS+. The minimum absolute atomic E-state index is 0.0548. The quantitative estimate of drug-likeness (QED) is 0.745. The van der Waals surface area contributed by atoms with Crippen LogP contribution in [0.5, 0.6) is 0 Å². The van der Waals surface area contributed by atoms with Gasteiger partial charge in [0.15, 0.2) is 6.54 Å². The zero-order valence-corrected chi connectivity index (χ0v) is 16.4. The number of nitrogens with one attached hydrogen (secondary N) is 2. The van der Waals surface area contributed by atoms with E-state index in [0.29, 0.717) is 38.4 Å². The van der Waals surface area contributed by atoms with E-state index >= 15 is 0 Å².